The van der Waals surface area contributed by atoms with Crippen molar-refractivity contribution in [2.45, 2.75) is 19.3 Å². The van der Waals surface area contributed by atoms with E-state index in [1.54, 1.807) is 7.11 Å². The molecular formula is C11H19NO3. The minimum absolute atomic E-state index is 0.183. The molecule has 2 unspecified atom stereocenters. The number of carboxylic acids is 1. The summed E-state index contributed by atoms with van der Waals surface area (Å²) in [7, 11) is 1.74. The largest absolute Gasteiger partial charge is 0.480 e. The van der Waals surface area contributed by atoms with E-state index in [2.05, 4.69) is 4.90 Å². The van der Waals surface area contributed by atoms with E-state index < -0.39 is 5.97 Å². The van der Waals surface area contributed by atoms with Crippen molar-refractivity contribution in [3.63, 3.8) is 0 Å². The number of fused-ring (bicyclic) bond motifs is 1. The summed E-state index contributed by atoms with van der Waals surface area (Å²) < 4.78 is 5.31. The number of likely N-dealkylation sites (tertiary alicyclic amines) is 1. The van der Waals surface area contributed by atoms with Crippen LogP contribution in [-0.2, 0) is 9.53 Å². The van der Waals surface area contributed by atoms with Crippen LogP contribution in [0.3, 0.4) is 0 Å². The average Bonchev–Trinajstić information content (AvgIpc) is 2.59. The number of hydrogen-bond donors (Lipinski definition) is 1. The molecule has 0 aromatic rings. The van der Waals surface area contributed by atoms with Crippen molar-refractivity contribution in [3.8, 4) is 0 Å². The second-order valence-corrected chi connectivity index (χ2v) is 4.95. The van der Waals surface area contributed by atoms with Gasteiger partial charge in [0.15, 0.2) is 0 Å². The van der Waals surface area contributed by atoms with Crippen LogP contribution in [0.5, 0.6) is 0 Å². The van der Waals surface area contributed by atoms with E-state index in [-0.39, 0.29) is 12.0 Å². The van der Waals surface area contributed by atoms with Gasteiger partial charge in [0.2, 0.25) is 0 Å². The number of nitrogens with zero attached hydrogens (tertiary/aromatic N) is 1. The van der Waals surface area contributed by atoms with Crippen LogP contribution in [0.1, 0.15) is 19.3 Å². The van der Waals surface area contributed by atoms with Crippen LogP contribution in [0, 0.1) is 11.3 Å². The Kier molecular flexibility index (Phi) is 2.98. The van der Waals surface area contributed by atoms with Crippen LogP contribution >= 0.6 is 0 Å². The maximum Gasteiger partial charge on any atom is 0.317 e. The van der Waals surface area contributed by atoms with Gasteiger partial charge in [0.1, 0.15) is 0 Å². The number of carbonyl (C=O) groups is 1. The molecule has 1 heterocycles. The first kappa shape index (κ1) is 10.9. The molecule has 0 aromatic heterocycles. The van der Waals surface area contributed by atoms with Gasteiger partial charge in [-0.25, -0.2) is 0 Å². The Labute approximate surface area is 90.2 Å². The van der Waals surface area contributed by atoms with Gasteiger partial charge in [0, 0.05) is 25.6 Å². The minimum Gasteiger partial charge on any atom is -0.480 e. The number of rotatable bonds is 4. The molecule has 4 nitrogen and oxygen atoms in total. The summed E-state index contributed by atoms with van der Waals surface area (Å²) in [6.45, 7) is 2.81. The van der Waals surface area contributed by atoms with Gasteiger partial charge in [-0.3, -0.25) is 9.69 Å². The molecule has 0 spiro atoms. The van der Waals surface area contributed by atoms with Crippen molar-refractivity contribution >= 4 is 5.97 Å². The van der Waals surface area contributed by atoms with Gasteiger partial charge in [-0.1, -0.05) is 6.42 Å². The Morgan fingerprint density at radius 3 is 3.13 bits per heavy atom. The molecule has 0 amide bonds. The molecule has 1 aliphatic carbocycles. The molecule has 2 atom stereocenters. The quantitative estimate of drug-likeness (QED) is 0.751. The molecule has 86 valence electrons. The van der Waals surface area contributed by atoms with E-state index in [9.17, 15) is 4.79 Å². The molecule has 1 saturated carbocycles. The van der Waals surface area contributed by atoms with Gasteiger partial charge in [0.25, 0.3) is 0 Å². The lowest BCUT2D eigenvalue weighted by Gasteiger charge is -2.27. The monoisotopic (exact) mass is 213 g/mol. The van der Waals surface area contributed by atoms with Crippen LogP contribution in [0.2, 0.25) is 0 Å². The van der Waals surface area contributed by atoms with Crippen LogP contribution in [0.25, 0.3) is 0 Å². The average molecular weight is 213 g/mol. The van der Waals surface area contributed by atoms with Gasteiger partial charge in [-0.05, 0) is 18.8 Å². The summed E-state index contributed by atoms with van der Waals surface area (Å²) in [6, 6.07) is 0. The third-order valence-corrected chi connectivity index (χ3v) is 3.90. The molecule has 15 heavy (non-hydrogen) atoms. The molecule has 0 bridgehead atoms. The van der Waals surface area contributed by atoms with E-state index in [0.29, 0.717) is 5.92 Å². The molecule has 2 aliphatic rings. The minimum atomic E-state index is -0.720. The lowest BCUT2D eigenvalue weighted by molar-refractivity contribution is -0.138. The summed E-state index contributed by atoms with van der Waals surface area (Å²) in [6.07, 6.45) is 3.70. The van der Waals surface area contributed by atoms with Crippen molar-refractivity contribution in [2.24, 2.45) is 11.3 Å². The van der Waals surface area contributed by atoms with E-state index in [0.717, 1.165) is 19.7 Å². The molecule has 0 radical (unpaired) electrons. The van der Waals surface area contributed by atoms with Gasteiger partial charge in [0.05, 0.1) is 13.2 Å². The first-order valence-corrected chi connectivity index (χ1v) is 5.59. The Bertz CT molecular complexity index is 256. The summed E-state index contributed by atoms with van der Waals surface area (Å²) in [5, 5.41) is 8.78. The first-order valence-electron chi connectivity index (χ1n) is 5.59. The Hall–Kier alpha value is -0.610. The lowest BCUT2D eigenvalue weighted by Crippen LogP contribution is -2.33. The van der Waals surface area contributed by atoms with E-state index >= 15 is 0 Å². The molecule has 1 aliphatic heterocycles. The van der Waals surface area contributed by atoms with Crippen LogP contribution in [0.4, 0.5) is 0 Å². The smallest absolute Gasteiger partial charge is 0.317 e. The topological polar surface area (TPSA) is 49.8 Å². The first-order chi connectivity index (χ1) is 7.16. The zero-order valence-corrected chi connectivity index (χ0v) is 9.24. The zero-order chi connectivity index (χ0) is 10.9. The predicted octanol–water partition coefficient (Wildman–Crippen LogP) is 0.820. The number of carboxylic acid groups (broad SMARTS) is 1. The third-order valence-electron chi connectivity index (χ3n) is 3.90. The zero-order valence-electron chi connectivity index (χ0n) is 9.24. The van der Waals surface area contributed by atoms with E-state index in [4.69, 9.17) is 9.84 Å². The van der Waals surface area contributed by atoms with Crippen molar-refractivity contribution in [1.82, 2.24) is 4.90 Å². The van der Waals surface area contributed by atoms with Crippen LogP contribution in [0.15, 0.2) is 0 Å². The normalized spacial score (nSPS) is 35.7. The van der Waals surface area contributed by atoms with Gasteiger partial charge >= 0.3 is 5.97 Å². The fourth-order valence-electron chi connectivity index (χ4n) is 3.36. The summed E-state index contributed by atoms with van der Waals surface area (Å²) >= 11 is 0. The molecule has 1 saturated heterocycles. The van der Waals surface area contributed by atoms with Gasteiger partial charge < -0.3 is 9.84 Å². The molecule has 0 aromatic carbocycles. The van der Waals surface area contributed by atoms with Crippen LogP contribution in [-0.4, -0.2) is 49.3 Å². The molecule has 2 fully saturated rings. The van der Waals surface area contributed by atoms with Crippen molar-refractivity contribution in [1.29, 1.82) is 0 Å². The van der Waals surface area contributed by atoms with E-state index in [1.807, 2.05) is 0 Å². The Morgan fingerprint density at radius 2 is 2.47 bits per heavy atom. The SMILES string of the molecule is COCC12CCCC1CN(CC(=O)O)C2. The number of hydrogen-bond acceptors (Lipinski definition) is 3. The molecule has 1 N–H and O–H groups in total. The summed E-state index contributed by atoms with van der Waals surface area (Å²) in [4.78, 5) is 12.7. The molecule has 2 rings (SSSR count). The number of methoxy groups -OCH3 is 1. The summed E-state index contributed by atoms with van der Waals surface area (Å²) in [5.41, 5.74) is 0.254. The second kappa shape index (κ2) is 4.10. The highest BCUT2D eigenvalue weighted by Gasteiger charge is 2.49. The second-order valence-electron chi connectivity index (χ2n) is 4.95. The lowest BCUT2D eigenvalue weighted by atomic mass is 9.82. The highest BCUT2D eigenvalue weighted by molar-refractivity contribution is 5.69. The molecular weight excluding hydrogens is 194 g/mol. The van der Waals surface area contributed by atoms with Crippen LogP contribution < -0.4 is 0 Å². The highest BCUT2D eigenvalue weighted by atomic mass is 16.5. The Balaban J connectivity index is 2.00. The fraction of sp³-hybridized carbons (Fsp3) is 0.909. The third kappa shape index (κ3) is 2.01. The van der Waals surface area contributed by atoms with Crippen molar-refractivity contribution < 1.29 is 14.6 Å². The highest BCUT2D eigenvalue weighted by Crippen LogP contribution is 2.48. The van der Waals surface area contributed by atoms with Gasteiger partial charge in [-0.2, -0.15) is 0 Å². The maximum absolute atomic E-state index is 10.7. The number of aliphatic carboxylic acids is 1. The maximum atomic E-state index is 10.7. The van der Waals surface area contributed by atoms with Gasteiger partial charge in [-0.15, -0.1) is 0 Å². The standard InChI is InChI=1S/C11H19NO3/c1-15-8-11-4-2-3-9(11)5-12(7-11)6-10(13)14/h9H,2-8H2,1H3,(H,13,14). The fourth-order valence-corrected chi connectivity index (χ4v) is 3.36. The van der Waals surface area contributed by atoms with E-state index in [1.165, 1.54) is 19.3 Å². The van der Waals surface area contributed by atoms with Crippen molar-refractivity contribution in [2.75, 3.05) is 33.4 Å². The molecule has 4 heteroatoms. The Morgan fingerprint density at radius 1 is 1.67 bits per heavy atom. The summed E-state index contributed by atoms with van der Waals surface area (Å²) in [5.74, 6) is -0.0701. The number of ether oxygens (including phenoxy) is 1. The van der Waals surface area contributed by atoms with Crippen molar-refractivity contribution in [3.05, 3.63) is 0 Å². The predicted molar refractivity (Wildman–Crippen MR) is 55.7 cm³/mol.